The minimum Gasteiger partial charge on any atom is -0.455 e. The van der Waals surface area contributed by atoms with Crippen molar-refractivity contribution in [3.8, 4) is 23.1 Å². The molecule has 7 heteroatoms. The van der Waals surface area contributed by atoms with Crippen molar-refractivity contribution in [1.29, 1.82) is 0 Å². The third-order valence-corrected chi connectivity index (χ3v) is 5.29. The molecule has 0 saturated carbocycles. The van der Waals surface area contributed by atoms with Crippen LogP contribution in [0.15, 0.2) is 100 Å². The van der Waals surface area contributed by atoms with E-state index in [1.165, 1.54) is 0 Å². The minimum absolute atomic E-state index is 0.167. The Labute approximate surface area is 194 Å². The molecule has 166 valence electrons. The minimum atomic E-state index is -0.392. The molecule has 0 saturated heterocycles. The number of carbonyl (C=O) groups is 1. The molecule has 0 aliphatic carbocycles. The van der Waals surface area contributed by atoms with E-state index in [4.69, 9.17) is 9.15 Å². The molecule has 2 aromatic heterocycles. The van der Waals surface area contributed by atoms with Gasteiger partial charge in [0.15, 0.2) is 11.0 Å². The average Bonchev–Trinajstić information content (AvgIpc) is 2.88. The van der Waals surface area contributed by atoms with Gasteiger partial charge in [0.05, 0.1) is 10.9 Å². The van der Waals surface area contributed by atoms with Crippen LogP contribution in [0, 0.1) is 6.92 Å². The zero-order valence-electron chi connectivity index (χ0n) is 18.2. The Balaban J connectivity index is 1.45. The molecule has 34 heavy (non-hydrogen) atoms. The molecule has 0 aliphatic rings. The van der Waals surface area contributed by atoms with Crippen molar-refractivity contribution in [2.75, 3.05) is 5.32 Å². The fourth-order valence-corrected chi connectivity index (χ4v) is 3.60. The largest absolute Gasteiger partial charge is 0.455 e. The second kappa shape index (κ2) is 8.99. The maximum absolute atomic E-state index is 13.1. The van der Waals surface area contributed by atoms with E-state index >= 15 is 0 Å². The highest BCUT2D eigenvalue weighted by Gasteiger charge is 2.18. The van der Waals surface area contributed by atoms with Crippen LogP contribution in [0.1, 0.15) is 15.9 Å². The lowest BCUT2D eigenvalue weighted by atomic mass is 10.0. The number of fused-ring (bicyclic) bond motifs is 1. The molecular formula is C27H19N3O4. The van der Waals surface area contributed by atoms with Crippen molar-refractivity contribution in [2.45, 2.75) is 6.92 Å². The Bertz CT molecular complexity index is 1530. The van der Waals surface area contributed by atoms with Gasteiger partial charge >= 0.3 is 6.01 Å². The summed E-state index contributed by atoms with van der Waals surface area (Å²) in [6.07, 6.45) is 3.17. The van der Waals surface area contributed by atoms with Crippen LogP contribution in [0.5, 0.6) is 11.8 Å². The number of rotatable bonds is 5. The predicted octanol–water partition coefficient (Wildman–Crippen LogP) is 5.60. The van der Waals surface area contributed by atoms with Crippen LogP contribution in [-0.4, -0.2) is 15.9 Å². The Hall–Kier alpha value is -4.78. The van der Waals surface area contributed by atoms with E-state index < -0.39 is 5.91 Å². The van der Waals surface area contributed by atoms with Crippen LogP contribution in [0.3, 0.4) is 0 Å². The van der Waals surface area contributed by atoms with E-state index in [0.717, 1.165) is 5.56 Å². The summed E-state index contributed by atoms with van der Waals surface area (Å²) in [6.45, 7) is 1.73. The molecule has 0 unspecified atom stereocenters. The highest BCUT2D eigenvalue weighted by atomic mass is 16.5. The van der Waals surface area contributed by atoms with Crippen LogP contribution >= 0.6 is 0 Å². The molecule has 0 bridgehead atoms. The molecule has 0 fully saturated rings. The normalized spacial score (nSPS) is 10.7. The fraction of sp³-hybridized carbons (Fsp3) is 0.0370. The maximum Gasteiger partial charge on any atom is 0.321 e. The van der Waals surface area contributed by atoms with Gasteiger partial charge in [-0.25, -0.2) is 9.97 Å². The number of nitrogens with zero attached hydrogens (tertiary/aromatic N) is 2. The summed E-state index contributed by atoms with van der Waals surface area (Å²) < 4.78 is 11.7. The predicted molar refractivity (Wildman–Crippen MR) is 129 cm³/mol. The van der Waals surface area contributed by atoms with Gasteiger partial charge in [-0.05, 0) is 49.4 Å². The first-order valence-corrected chi connectivity index (χ1v) is 10.6. The summed E-state index contributed by atoms with van der Waals surface area (Å²) in [5.41, 5.74) is 2.17. The van der Waals surface area contributed by atoms with Gasteiger partial charge in [0, 0.05) is 29.2 Å². The zero-order chi connectivity index (χ0) is 23.5. The number of benzene rings is 3. The van der Waals surface area contributed by atoms with Crippen LogP contribution < -0.4 is 15.5 Å². The summed E-state index contributed by atoms with van der Waals surface area (Å²) >= 11 is 0. The van der Waals surface area contributed by atoms with Gasteiger partial charge in [-0.2, -0.15) is 0 Å². The van der Waals surface area contributed by atoms with Crippen LogP contribution in [0.4, 0.5) is 5.69 Å². The molecular weight excluding hydrogens is 430 g/mol. The zero-order valence-corrected chi connectivity index (χ0v) is 18.2. The number of ether oxygens (including phenoxy) is 1. The molecule has 0 atom stereocenters. The van der Waals surface area contributed by atoms with E-state index in [1.807, 2.05) is 30.3 Å². The fourth-order valence-electron chi connectivity index (χ4n) is 3.60. The van der Waals surface area contributed by atoms with Crippen LogP contribution in [0.25, 0.3) is 22.3 Å². The first kappa shape index (κ1) is 21.1. The van der Waals surface area contributed by atoms with E-state index in [2.05, 4.69) is 15.3 Å². The molecule has 5 aromatic rings. The molecule has 1 amide bonds. The third kappa shape index (κ3) is 4.14. The summed E-state index contributed by atoms with van der Waals surface area (Å²) in [5, 5.41) is 3.20. The number of nitrogens with one attached hydrogen (secondary N) is 1. The van der Waals surface area contributed by atoms with Gasteiger partial charge in [-0.3, -0.25) is 9.59 Å². The lowest BCUT2D eigenvalue weighted by Crippen LogP contribution is -2.15. The second-order valence-corrected chi connectivity index (χ2v) is 7.55. The van der Waals surface area contributed by atoms with Crippen molar-refractivity contribution >= 4 is 22.6 Å². The topological polar surface area (TPSA) is 94.3 Å². The maximum atomic E-state index is 13.1. The lowest BCUT2D eigenvalue weighted by Gasteiger charge is -2.11. The molecule has 7 nitrogen and oxygen atoms in total. The Morgan fingerprint density at radius 1 is 0.882 bits per heavy atom. The van der Waals surface area contributed by atoms with Gasteiger partial charge in [-0.15, -0.1) is 0 Å². The van der Waals surface area contributed by atoms with E-state index in [9.17, 15) is 9.59 Å². The summed E-state index contributed by atoms with van der Waals surface area (Å²) in [7, 11) is 0. The summed E-state index contributed by atoms with van der Waals surface area (Å²) in [6, 6.07) is 23.1. The van der Waals surface area contributed by atoms with E-state index in [-0.39, 0.29) is 22.6 Å². The SMILES string of the molecule is Cc1c(-c2ccccc2)oc2c(C(=O)Nc3ccc(Oc4ncccn4)cc3)cccc2c1=O. The number of carbonyl (C=O) groups excluding carboxylic acids is 1. The highest BCUT2D eigenvalue weighted by Crippen LogP contribution is 2.28. The number of hydrogen-bond donors (Lipinski definition) is 1. The quantitative estimate of drug-likeness (QED) is 0.375. The van der Waals surface area contributed by atoms with Gasteiger partial charge in [-0.1, -0.05) is 36.4 Å². The molecule has 0 aliphatic heterocycles. The Morgan fingerprint density at radius 2 is 1.62 bits per heavy atom. The smallest absolute Gasteiger partial charge is 0.321 e. The third-order valence-electron chi connectivity index (χ3n) is 5.29. The van der Waals surface area contributed by atoms with Crippen molar-refractivity contribution < 1.29 is 13.9 Å². The molecule has 1 N–H and O–H groups in total. The first-order valence-electron chi connectivity index (χ1n) is 10.6. The molecule has 3 aromatic carbocycles. The van der Waals surface area contributed by atoms with Crippen molar-refractivity contribution in [2.24, 2.45) is 0 Å². The number of aromatic nitrogens is 2. The van der Waals surface area contributed by atoms with Gasteiger partial charge in [0.2, 0.25) is 0 Å². The van der Waals surface area contributed by atoms with Gasteiger partial charge < -0.3 is 14.5 Å². The number of para-hydroxylation sites is 1. The van der Waals surface area contributed by atoms with E-state index in [1.54, 1.807) is 67.8 Å². The standard InChI is InChI=1S/C27H19N3O4/c1-17-23(31)21-9-5-10-22(25(21)34-24(17)18-7-3-2-4-8-18)26(32)30-19-11-13-20(14-12-19)33-27-28-15-6-16-29-27/h2-16H,1H3,(H,30,32). The van der Waals surface area contributed by atoms with E-state index in [0.29, 0.717) is 28.1 Å². The first-order chi connectivity index (χ1) is 16.6. The summed E-state index contributed by atoms with van der Waals surface area (Å²) in [4.78, 5) is 34.2. The molecule has 0 radical (unpaired) electrons. The molecule has 5 rings (SSSR count). The summed E-state index contributed by atoms with van der Waals surface area (Å²) in [5.74, 6) is 0.586. The van der Waals surface area contributed by atoms with Crippen molar-refractivity contribution in [3.05, 3.63) is 113 Å². The highest BCUT2D eigenvalue weighted by molar-refractivity contribution is 6.11. The molecule has 2 heterocycles. The van der Waals surface area contributed by atoms with Crippen LogP contribution in [-0.2, 0) is 0 Å². The van der Waals surface area contributed by atoms with Crippen molar-refractivity contribution in [3.63, 3.8) is 0 Å². The average molecular weight is 449 g/mol. The monoisotopic (exact) mass is 449 g/mol. The Kier molecular flexibility index (Phi) is 5.58. The lowest BCUT2D eigenvalue weighted by molar-refractivity contribution is 0.102. The van der Waals surface area contributed by atoms with Gasteiger partial charge in [0.25, 0.3) is 5.91 Å². The molecule has 0 spiro atoms. The number of hydrogen-bond acceptors (Lipinski definition) is 6. The Morgan fingerprint density at radius 3 is 2.35 bits per heavy atom. The van der Waals surface area contributed by atoms with Crippen LogP contribution in [0.2, 0.25) is 0 Å². The van der Waals surface area contributed by atoms with Gasteiger partial charge in [0.1, 0.15) is 11.5 Å². The van der Waals surface area contributed by atoms with Crippen molar-refractivity contribution in [1.82, 2.24) is 9.97 Å². The second-order valence-electron chi connectivity index (χ2n) is 7.55. The number of anilines is 1. The number of amides is 1.